The number of amides is 2. The van der Waals surface area contributed by atoms with Gasteiger partial charge in [-0.1, -0.05) is 0 Å². The van der Waals surface area contributed by atoms with Gasteiger partial charge < -0.3 is 15.2 Å². The zero-order valence-corrected chi connectivity index (χ0v) is 9.77. The number of hydrogen-bond acceptors (Lipinski definition) is 3. The summed E-state index contributed by atoms with van der Waals surface area (Å²) in [5.74, 6) is 0.729. The van der Waals surface area contributed by atoms with Crippen LogP contribution in [0.4, 0.5) is 0 Å². The molecule has 0 bridgehead atoms. The fraction of sp³-hybridized carbons (Fsp3) is 0.545. The van der Waals surface area contributed by atoms with Crippen molar-refractivity contribution in [1.82, 2.24) is 20.2 Å². The number of aromatic nitrogens is 2. The molecule has 17 heavy (non-hydrogen) atoms. The Morgan fingerprint density at radius 2 is 2.41 bits per heavy atom. The Balaban J connectivity index is 1.81. The van der Waals surface area contributed by atoms with Gasteiger partial charge in [-0.15, -0.1) is 0 Å². The van der Waals surface area contributed by atoms with Crippen molar-refractivity contribution < 1.29 is 9.59 Å². The van der Waals surface area contributed by atoms with Crippen molar-refractivity contribution in [1.29, 1.82) is 0 Å². The lowest BCUT2D eigenvalue weighted by Crippen LogP contribution is -2.45. The first-order valence-electron chi connectivity index (χ1n) is 5.69. The first-order valence-corrected chi connectivity index (χ1v) is 5.69. The number of imidazole rings is 1. The highest BCUT2D eigenvalue weighted by molar-refractivity contribution is 5.83. The van der Waals surface area contributed by atoms with Gasteiger partial charge in [-0.05, 0) is 6.42 Å². The van der Waals surface area contributed by atoms with Crippen LogP contribution in [0.3, 0.4) is 0 Å². The van der Waals surface area contributed by atoms with E-state index in [1.165, 1.54) is 6.92 Å². The molecular formula is C11H16N4O2. The Morgan fingerprint density at radius 1 is 1.59 bits per heavy atom. The van der Waals surface area contributed by atoms with Gasteiger partial charge in [0, 0.05) is 38.3 Å². The van der Waals surface area contributed by atoms with Crippen LogP contribution in [0, 0.1) is 0 Å². The Bertz CT molecular complexity index is 427. The molecular weight excluding hydrogens is 220 g/mol. The van der Waals surface area contributed by atoms with Gasteiger partial charge in [-0.2, -0.15) is 0 Å². The van der Waals surface area contributed by atoms with Crippen LogP contribution >= 0.6 is 0 Å². The van der Waals surface area contributed by atoms with E-state index in [1.807, 2.05) is 10.8 Å². The van der Waals surface area contributed by atoms with E-state index in [1.54, 1.807) is 6.20 Å². The summed E-state index contributed by atoms with van der Waals surface area (Å²) in [6, 6.07) is 0.123. The largest absolute Gasteiger partial charge is 0.350 e. The molecule has 92 valence electrons. The monoisotopic (exact) mass is 236 g/mol. The standard InChI is InChI=1S/C11H16N4O2/c1-8(16)13-6-11(17)14-9-2-3-10-12-4-5-15(10)7-9/h4-5,9H,2-3,6-7H2,1H3,(H,13,16)(H,14,17)/t9-/m0/s1. The molecule has 6 nitrogen and oxygen atoms in total. The molecule has 1 atom stereocenters. The number of rotatable bonds is 3. The van der Waals surface area contributed by atoms with Crippen LogP contribution < -0.4 is 10.6 Å². The van der Waals surface area contributed by atoms with Gasteiger partial charge in [0.25, 0.3) is 0 Å². The van der Waals surface area contributed by atoms with Gasteiger partial charge in [0.05, 0.1) is 6.54 Å². The molecule has 1 aromatic rings. The summed E-state index contributed by atoms with van der Waals surface area (Å²) in [4.78, 5) is 26.4. The van der Waals surface area contributed by atoms with Crippen LogP contribution in [-0.2, 0) is 22.6 Å². The second-order valence-electron chi connectivity index (χ2n) is 4.21. The minimum Gasteiger partial charge on any atom is -0.350 e. The normalized spacial score (nSPS) is 18.3. The molecule has 0 fully saturated rings. The summed E-state index contributed by atoms with van der Waals surface area (Å²) >= 11 is 0. The third-order valence-electron chi connectivity index (χ3n) is 2.80. The first-order chi connectivity index (χ1) is 8.15. The minimum atomic E-state index is -0.194. The van der Waals surface area contributed by atoms with Gasteiger partial charge in [-0.25, -0.2) is 4.98 Å². The summed E-state index contributed by atoms with van der Waals surface area (Å²) in [5, 5.41) is 5.38. The van der Waals surface area contributed by atoms with Crippen LogP contribution in [0.1, 0.15) is 19.2 Å². The average Bonchev–Trinajstić information content (AvgIpc) is 2.73. The Labute approximate surface area is 99.4 Å². The van der Waals surface area contributed by atoms with Gasteiger partial charge in [-0.3, -0.25) is 9.59 Å². The van der Waals surface area contributed by atoms with E-state index >= 15 is 0 Å². The molecule has 0 radical (unpaired) electrons. The molecule has 6 heteroatoms. The summed E-state index contributed by atoms with van der Waals surface area (Å²) < 4.78 is 2.05. The molecule has 2 N–H and O–H groups in total. The highest BCUT2D eigenvalue weighted by atomic mass is 16.2. The van der Waals surface area contributed by atoms with Crippen LogP contribution in [0.5, 0.6) is 0 Å². The van der Waals surface area contributed by atoms with E-state index in [0.717, 1.165) is 25.2 Å². The minimum absolute atomic E-state index is 0.0443. The lowest BCUT2D eigenvalue weighted by molar-refractivity contribution is -0.125. The van der Waals surface area contributed by atoms with E-state index in [2.05, 4.69) is 15.6 Å². The molecule has 0 saturated heterocycles. The van der Waals surface area contributed by atoms with Crippen LogP contribution in [0.15, 0.2) is 12.4 Å². The van der Waals surface area contributed by atoms with Crippen molar-refractivity contribution in [3.63, 3.8) is 0 Å². The molecule has 1 aromatic heterocycles. The number of carbonyl (C=O) groups is 2. The molecule has 0 unspecified atom stereocenters. The molecule has 2 rings (SSSR count). The van der Waals surface area contributed by atoms with Crippen LogP contribution in [0.25, 0.3) is 0 Å². The summed E-state index contributed by atoms with van der Waals surface area (Å²) in [6.07, 6.45) is 5.46. The second-order valence-corrected chi connectivity index (χ2v) is 4.21. The topological polar surface area (TPSA) is 76.0 Å². The van der Waals surface area contributed by atoms with Crippen LogP contribution in [-0.4, -0.2) is 34.0 Å². The molecule has 1 aliphatic rings. The van der Waals surface area contributed by atoms with Crippen molar-refractivity contribution >= 4 is 11.8 Å². The van der Waals surface area contributed by atoms with E-state index < -0.39 is 0 Å². The van der Waals surface area contributed by atoms with Gasteiger partial charge in [0.15, 0.2) is 0 Å². The van der Waals surface area contributed by atoms with E-state index in [9.17, 15) is 9.59 Å². The predicted octanol–water partition coefficient (Wildman–Crippen LogP) is -0.550. The number of nitrogens with one attached hydrogen (secondary N) is 2. The maximum Gasteiger partial charge on any atom is 0.239 e. The van der Waals surface area contributed by atoms with E-state index in [0.29, 0.717) is 0 Å². The third kappa shape index (κ3) is 3.05. The highest BCUT2D eigenvalue weighted by Crippen LogP contribution is 2.12. The van der Waals surface area contributed by atoms with Crippen molar-refractivity contribution in [2.75, 3.05) is 6.54 Å². The predicted molar refractivity (Wildman–Crippen MR) is 61.2 cm³/mol. The van der Waals surface area contributed by atoms with Crippen LogP contribution in [0.2, 0.25) is 0 Å². The summed E-state index contributed by atoms with van der Waals surface area (Å²) in [5.41, 5.74) is 0. The molecule has 2 heterocycles. The van der Waals surface area contributed by atoms with Gasteiger partial charge in [0.2, 0.25) is 11.8 Å². The molecule has 0 spiro atoms. The fourth-order valence-corrected chi connectivity index (χ4v) is 1.97. The molecule has 1 aliphatic heterocycles. The van der Waals surface area contributed by atoms with Crippen molar-refractivity contribution in [3.8, 4) is 0 Å². The van der Waals surface area contributed by atoms with Gasteiger partial charge >= 0.3 is 0 Å². The first kappa shape index (κ1) is 11.6. The summed E-state index contributed by atoms with van der Waals surface area (Å²) in [7, 11) is 0. The third-order valence-corrected chi connectivity index (χ3v) is 2.80. The van der Waals surface area contributed by atoms with Crippen molar-refractivity contribution in [2.24, 2.45) is 0 Å². The van der Waals surface area contributed by atoms with Gasteiger partial charge in [0.1, 0.15) is 5.82 Å². The zero-order chi connectivity index (χ0) is 12.3. The quantitative estimate of drug-likeness (QED) is 0.739. The Hall–Kier alpha value is -1.85. The number of hydrogen-bond donors (Lipinski definition) is 2. The zero-order valence-electron chi connectivity index (χ0n) is 9.77. The highest BCUT2D eigenvalue weighted by Gasteiger charge is 2.19. The molecule has 0 saturated carbocycles. The smallest absolute Gasteiger partial charge is 0.239 e. The number of aryl methyl sites for hydroxylation is 1. The lowest BCUT2D eigenvalue weighted by atomic mass is 10.1. The van der Waals surface area contributed by atoms with E-state index in [4.69, 9.17) is 0 Å². The summed E-state index contributed by atoms with van der Waals surface area (Å²) in [6.45, 7) is 2.19. The fourth-order valence-electron chi connectivity index (χ4n) is 1.97. The number of carbonyl (C=O) groups excluding carboxylic acids is 2. The maximum absolute atomic E-state index is 11.5. The molecule has 0 aromatic carbocycles. The number of nitrogens with zero attached hydrogens (tertiary/aromatic N) is 2. The Morgan fingerprint density at radius 3 is 3.18 bits per heavy atom. The molecule has 2 amide bonds. The molecule has 0 aliphatic carbocycles. The van der Waals surface area contributed by atoms with Crippen molar-refractivity contribution in [2.45, 2.75) is 32.4 Å². The van der Waals surface area contributed by atoms with E-state index in [-0.39, 0.29) is 24.4 Å². The SMILES string of the molecule is CC(=O)NCC(=O)N[C@H]1CCc2nccn2C1. The number of fused-ring (bicyclic) bond motifs is 1. The maximum atomic E-state index is 11.5. The Kier molecular flexibility index (Phi) is 3.41. The van der Waals surface area contributed by atoms with Crippen molar-refractivity contribution in [3.05, 3.63) is 18.2 Å². The average molecular weight is 236 g/mol. The lowest BCUT2D eigenvalue weighted by Gasteiger charge is -2.24. The second kappa shape index (κ2) is 4.99.